The van der Waals surface area contributed by atoms with Gasteiger partial charge in [0, 0.05) is 6.07 Å². The number of carbonyl (C=O) groups is 1. The van der Waals surface area contributed by atoms with Crippen LogP contribution in [0.25, 0.3) is 0 Å². The lowest BCUT2D eigenvalue weighted by molar-refractivity contribution is 0.0470. The summed E-state index contributed by atoms with van der Waals surface area (Å²) in [6, 6.07) is 1.00. The average Bonchev–Trinajstić information content (AvgIpc) is 2.58. The van der Waals surface area contributed by atoms with E-state index >= 15 is 0 Å². The molecule has 0 aliphatic carbocycles. The third kappa shape index (κ3) is 4.44. The van der Waals surface area contributed by atoms with Gasteiger partial charge in [-0.05, 0) is 27.7 Å². The summed E-state index contributed by atoms with van der Waals surface area (Å²) in [5.41, 5.74) is 0.103. The van der Waals surface area contributed by atoms with E-state index < -0.39 is 17.7 Å². The first-order chi connectivity index (χ1) is 7.81. The van der Waals surface area contributed by atoms with E-state index in [0.29, 0.717) is 11.5 Å². The van der Waals surface area contributed by atoms with Gasteiger partial charge >= 0.3 is 6.09 Å². The highest BCUT2D eigenvalue weighted by atomic mass is 16.6. The quantitative estimate of drug-likeness (QED) is 0.839. The molecule has 96 valence electrons. The maximum absolute atomic E-state index is 11.5. The number of nitrogens with zero attached hydrogens (tertiary/aromatic N) is 1. The molecule has 6 nitrogen and oxygen atoms in total. The molecule has 6 heteroatoms. The number of aliphatic hydroxyl groups is 1. The van der Waals surface area contributed by atoms with E-state index in [-0.39, 0.29) is 6.61 Å². The topological polar surface area (TPSA) is 84.6 Å². The van der Waals surface area contributed by atoms with Gasteiger partial charge in [-0.15, -0.1) is 0 Å². The lowest BCUT2D eigenvalue weighted by Crippen LogP contribution is -2.36. The van der Waals surface area contributed by atoms with Crippen LogP contribution >= 0.6 is 0 Å². The molecule has 1 aromatic heterocycles. The van der Waals surface area contributed by atoms with Gasteiger partial charge in [-0.3, -0.25) is 0 Å². The molecule has 1 aromatic rings. The Hall–Kier alpha value is -1.56. The zero-order chi connectivity index (χ0) is 13.1. The van der Waals surface area contributed by atoms with Crippen molar-refractivity contribution in [3.05, 3.63) is 17.5 Å². The molecule has 0 aromatic carbocycles. The number of amides is 1. The van der Waals surface area contributed by atoms with Crippen molar-refractivity contribution < 1.29 is 19.2 Å². The van der Waals surface area contributed by atoms with Gasteiger partial charge in [0.15, 0.2) is 5.76 Å². The third-order valence-corrected chi connectivity index (χ3v) is 1.86. The molecule has 0 saturated carbocycles. The van der Waals surface area contributed by atoms with Crippen LogP contribution in [0, 0.1) is 6.92 Å². The molecule has 1 unspecified atom stereocenters. The molecule has 17 heavy (non-hydrogen) atoms. The van der Waals surface area contributed by atoms with Crippen LogP contribution in [0.4, 0.5) is 4.79 Å². The van der Waals surface area contributed by atoms with Gasteiger partial charge in [0.25, 0.3) is 0 Å². The second-order valence-corrected chi connectivity index (χ2v) is 4.75. The molecule has 1 atom stereocenters. The molecule has 1 amide bonds. The van der Waals surface area contributed by atoms with Crippen LogP contribution in [0.1, 0.15) is 38.3 Å². The van der Waals surface area contributed by atoms with E-state index in [1.54, 1.807) is 33.8 Å². The molecule has 0 radical (unpaired) electrons. The summed E-state index contributed by atoms with van der Waals surface area (Å²) in [5, 5.41) is 15.4. The van der Waals surface area contributed by atoms with Crippen LogP contribution in [0.2, 0.25) is 0 Å². The predicted molar refractivity (Wildman–Crippen MR) is 60.4 cm³/mol. The Labute approximate surface area is 99.9 Å². The maximum Gasteiger partial charge on any atom is 0.408 e. The van der Waals surface area contributed by atoms with Gasteiger partial charge < -0.3 is 19.7 Å². The molecule has 0 aliphatic rings. The lowest BCUT2D eigenvalue weighted by Gasteiger charge is -2.21. The number of rotatable bonds is 3. The Morgan fingerprint density at radius 3 is 2.71 bits per heavy atom. The zero-order valence-electron chi connectivity index (χ0n) is 10.5. The highest BCUT2D eigenvalue weighted by Gasteiger charge is 2.22. The fourth-order valence-electron chi connectivity index (χ4n) is 1.20. The second kappa shape index (κ2) is 5.18. The summed E-state index contributed by atoms with van der Waals surface area (Å²) in [6.07, 6.45) is -0.606. The predicted octanol–water partition coefficient (Wildman–Crippen LogP) is 1.54. The number of hydrogen-bond acceptors (Lipinski definition) is 5. The normalized spacial score (nSPS) is 13.2. The molecule has 2 N–H and O–H groups in total. The minimum Gasteiger partial charge on any atom is -0.444 e. The van der Waals surface area contributed by atoms with Gasteiger partial charge in [0.2, 0.25) is 0 Å². The molecule has 1 rings (SSSR count). The van der Waals surface area contributed by atoms with Gasteiger partial charge in [0.1, 0.15) is 11.6 Å². The highest BCUT2D eigenvalue weighted by molar-refractivity contribution is 5.68. The first kappa shape index (κ1) is 13.5. The van der Waals surface area contributed by atoms with Crippen LogP contribution in [0.3, 0.4) is 0 Å². The van der Waals surface area contributed by atoms with Crippen LogP contribution in [-0.2, 0) is 4.74 Å². The van der Waals surface area contributed by atoms with Crippen molar-refractivity contribution in [3.63, 3.8) is 0 Å². The number of alkyl carbamates (subject to hydrolysis) is 1. The van der Waals surface area contributed by atoms with Crippen molar-refractivity contribution in [2.45, 2.75) is 39.3 Å². The number of ether oxygens (including phenoxy) is 1. The fourth-order valence-corrected chi connectivity index (χ4v) is 1.20. The minimum atomic E-state index is -0.647. The van der Waals surface area contributed by atoms with Gasteiger partial charge in [-0.25, -0.2) is 4.79 Å². The monoisotopic (exact) mass is 242 g/mol. The summed E-state index contributed by atoms with van der Waals surface area (Å²) in [7, 11) is 0. The molecular weight excluding hydrogens is 224 g/mol. The molecule has 0 aliphatic heterocycles. The number of aryl methyl sites for hydroxylation is 1. The lowest BCUT2D eigenvalue weighted by atomic mass is 10.2. The number of carbonyl (C=O) groups excluding carboxylic acids is 1. The van der Waals surface area contributed by atoms with Crippen molar-refractivity contribution >= 4 is 6.09 Å². The van der Waals surface area contributed by atoms with Crippen molar-refractivity contribution in [3.8, 4) is 0 Å². The summed E-state index contributed by atoms with van der Waals surface area (Å²) in [5.74, 6) is 0.399. The van der Waals surface area contributed by atoms with E-state index in [4.69, 9.17) is 9.26 Å². The zero-order valence-corrected chi connectivity index (χ0v) is 10.5. The first-order valence-corrected chi connectivity index (χ1v) is 5.35. The molecular formula is C11H18N2O4. The Balaban J connectivity index is 2.62. The minimum absolute atomic E-state index is 0.284. The summed E-state index contributed by atoms with van der Waals surface area (Å²) >= 11 is 0. The van der Waals surface area contributed by atoms with Crippen LogP contribution < -0.4 is 5.32 Å². The van der Waals surface area contributed by atoms with E-state index in [9.17, 15) is 9.90 Å². The molecule has 1 heterocycles. The number of aliphatic hydroxyl groups excluding tert-OH is 1. The average molecular weight is 242 g/mol. The van der Waals surface area contributed by atoms with Gasteiger partial charge in [0.05, 0.1) is 12.3 Å². The Morgan fingerprint density at radius 2 is 2.29 bits per heavy atom. The first-order valence-electron chi connectivity index (χ1n) is 5.35. The largest absolute Gasteiger partial charge is 0.444 e. The molecule has 0 spiro atoms. The molecule has 0 saturated heterocycles. The van der Waals surface area contributed by atoms with Crippen LogP contribution in [0.5, 0.6) is 0 Å². The van der Waals surface area contributed by atoms with Crippen LogP contribution in [-0.4, -0.2) is 28.6 Å². The number of aromatic nitrogens is 1. The summed E-state index contributed by atoms with van der Waals surface area (Å²) in [4.78, 5) is 11.5. The molecule has 0 bridgehead atoms. The van der Waals surface area contributed by atoms with E-state index in [1.807, 2.05) is 0 Å². The molecule has 0 fully saturated rings. The third-order valence-electron chi connectivity index (χ3n) is 1.86. The summed E-state index contributed by atoms with van der Waals surface area (Å²) < 4.78 is 10.0. The van der Waals surface area contributed by atoms with Crippen molar-refractivity contribution in [1.82, 2.24) is 10.5 Å². The summed E-state index contributed by atoms with van der Waals surface area (Å²) in [6.45, 7) is 6.76. The van der Waals surface area contributed by atoms with E-state index in [2.05, 4.69) is 10.5 Å². The second-order valence-electron chi connectivity index (χ2n) is 4.75. The van der Waals surface area contributed by atoms with E-state index in [0.717, 1.165) is 0 Å². The Kier molecular flexibility index (Phi) is 4.11. The maximum atomic E-state index is 11.5. The SMILES string of the molecule is Cc1cc(C(CO)NC(=O)OC(C)(C)C)on1. The van der Waals surface area contributed by atoms with Gasteiger partial charge in [-0.2, -0.15) is 0 Å². The van der Waals surface area contributed by atoms with Crippen molar-refractivity contribution in [2.24, 2.45) is 0 Å². The van der Waals surface area contributed by atoms with Crippen molar-refractivity contribution in [1.29, 1.82) is 0 Å². The standard InChI is InChI=1S/C11H18N2O4/c1-7-5-9(17-13-7)8(6-14)12-10(15)16-11(2,3)4/h5,8,14H,6H2,1-4H3,(H,12,15). The van der Waals surface area contributed by atoms with Gasteiger partial charge in [-0.1, -0.05) is 5.16 Å². The number of hydrogen-bond donors (Lipinski definition) is 2. The smallest absolute Gasteiger partial charge is 0.408 e. The van der Waals surface area contributed by atoms with Crippen molar-refractivity contribution in [2.75, 3.05) is 6.61 Å². The Bertz CT molecular complexity index is 381. The fraction of sp³-hybridized carbons (Fsp3) is 0.636. The van der Waals surface area contributed by atoms with Crippen LogP contribution in [0.15, 0.2) is 10.6 Å². The van der Waals surface area contributed by atoms with E-state index in [1.165, 1.54) is 0 Å². The highest BCUT2D eigenvalue weighted by Crippen LogP contribution is 2.15. The number of nitrogens with one attached hydrogen (secondary N) is 1. The Morgan fingerprint density at radius 1 is 1.65 bits per heavy atom.